The molecule has 18 heavy (non-hydrogen) atoms. The van der Waals surface area contributed by atoms with E-state index in [1.54, 1.807) is 0 Å². The highest BCUT2D eigenvalue weighted by Crippen LogP contribution is 2.13. The average molecular weight is 361 g/mol. The maximum absolute atomic E-state index is 10.0. The van der Waals surface area contributed by atoms with Crippen LogP contribution in [-0.2, 0) is 0 Å². The molecule has 0 aliphatic carbocycles. The number of guanidine groups is 1. The van der Waals surface area contributed by atoms with E-state index in [1.165, 1.54) is 0 Å². The second-order valence-electron chi connectivity index (χ2n) is 4.32. The minimum Gasteiger partial charge on any atom is -0.387 e. The molecule has 1 atom stereocenters. The van der Waals surface area contributed by atoms with Crippen molar-refractivity contribution < 1.29 is 5.11 Å². The van der Waals surface area contributed by atoms with Crippen LogP contribution in [0.3, 0.4) is 0 Å². The molecular formula is C13H20IN3O. The van der Waals surface area contributed by atoms with Crippen LogP contribution in [0.5, 0.6) is 0 Å². The summed E-state index contributed by atoms with van der Waals surface area (Å²) in [6.07, 6.45) is 0.576. The largest absolute Gasteiger partial charge is 0.387 e. The van der Waals surface area contributed by atoms with E-state index >= 15 is 0 Å². The lowest BCUT2D eigenvalue weighted by molar-refractivity contribution is 0.180. The minimum absolute atomic E-state index is 0. The third-order valence-corrected chi connectivity index (χ3v) is 2.79. The van der Waals surface area contributed by atoms with Crippen molar-refractivity contribution in [2.45, 2.75) is 19.4 Å². The fourth-order valence-electron chi connectivity index (χ4n) is 1.84. The zero-order valence-corrected chi connectivity index (χ0v) is 12.8. The van der Waals surface area contributed by atoms with Crippen molar-refractivity contribution in [3.05, 3.63) is 35.4 Å². The minimum atomic E-state index is -0.499. The molecule has 0 fully saturated rings. The Morgan fingerprint density at radius 1 is 1.50 bits per heavy atom. The van der Waals surface area contributed by atoms with Crippen LogP contribution in [0, 0.1) is 6.92 Å². The summed E-state index contributed by atoms with van der Waals surface area (Å²) < 4.78 is 0. The Balaban J connectivity index is 0.00000162. The first-order chi connectivity index (χ1) is 8.25. The lowest BCUT2D eigenvalue weighted by atomic mass is 10.1. The van der Waals surface area contributed by atoms with E-state index in [-0.39, 0.29) is 24.0 Å². The number of rotatable bonds is 3. The van der Waals surface area contributed by atoms with Crippen molar-refractivity contribution in [2.24, 2.45) is 4.99 Å². The van der Waals surface area contributed by atoms with Crippen LogP contribution in [-0.4, -0.2) is 30.7 Å². The van der Waals surface area contributed by atoms with Gasteiger partial charge in [-0.25, -0.2) is 0 Å². The van der Waals surface area contributed by atoms with Gasteiger partial charge in [0.1, 0.15) is 0 Å². The first kappa shape index (κ1) is 15.2. The van der Waals surface area contributed by atoms with Gasteiger partial charge >= 0.3 is 0 Å². The van der Waals surface area contributed by atoms with E-state index in [1.807, 2.05) is 31.2 Å². The van der Waals surface area contributed by atoms with E-state index in [2.05, 4.69) is 15.6 Å². The van der Waals surface area contributed by atoms with Gasteiger partial charge in [-0.2, -0.15) is 0 Å². The summed E-state index contributed by atoms with van der Waals surface area (Å²) in [7, 11) is 0. The number of benzene rings is 1. The van der Waals surface area contributed by atoms with Crippen molar-refractivity contribution >= 4 is 29.9 Å². The summed E-state index contributed by atoms with van der Waals surface area (Å²) >= 11 is 0. The third kappa shape index (κ3) is 4.45. The predicted octanol–water partition coefficient (Wildman–Crippen LogP) is 1.59. The molecule has 1 aromatic rings. The first-order valence-corrected chi connectivity index (χ1v) is 6.02. The molecule has 4 nitrogen and oxygen atoms in total. The van der Waals surface area contributed by atoms with Crippen LogP contribution in [0.4, 0.5) is 0 Å². The van der Waals surface area contributed by atoms with Gasteiger partial charge in [0.05, 0.1) is 6.10 Å². The molecule has 100 valence electrons. The van der Waals surface area contributed by atoms with Crippen LogP contribution in [0.2, 0.25) is 0 Å². The SMILES string of the molecule is Cc1cccc(C(O)CNC2=NCCCN2)c1.I. The molecule has 0 aromatic heterocycles. The van der Waals surface area contributed by atoms with Gasteiger partial charge in [-0.3, -0.25) is 4.99 Å². The number of aliphatic hydroxyl groups excluding tert-OH is 1. The molecule has 0 radical (unpaired) electrons. The highest BCUT2D eigenvalue weighted by Gasteiger charge is 2.09. The molecule has 0 spiro atoms. The highest BCUT2D eigenvalue weighted by molar-refractivity contribution is 14.0. The standard InChI is InChI=1S/C13H19N3O.HI/c1-10-4-2-5-11(8-10)12(17)9-16-13-14-6-3-7-15-13;/h2,4-5,8,12,17H,3,6-7,9H2,1H3,(H2,14,15,16);1H. The Bertz CT molecular complexity index is 409. The summed E-state index contributed by atoms with van der Waals surface area (Å²) in [5, 5.41) is 16.3. The molecule has 1 heterocycles. The molecule has 1 aromatic carbocycles. The average Bonchev–Trinajstić information content (AvgIpc) is 2.37. The third-order valence-electron chi connectivity index (χ3n) is 2.79. The van der Waals surface area contributed by atoms with Crippen molar-refractivity contribution in [3.63, 3.8) is 0 Å². The number of aryl methyl sites for hydroxylation is 1. The molecule has 0 bridgehead atoms. The molecular weight excluding hydrogens is 341 g/mol. The van der Waals surface area contributed by atoms with E-state index < -0.39 is 6.10 Å². The van der Waals surface area contributed by atoms with Gasteiger partial charge < -0.3 is 15.7 Å². The smallest absolute Gasteiger partial charge is 0.191 e. The number of hydrogen-bond donors (Lipinski definition) is 3. The normalized spacial score (nSPS) is 16.0. The Labute approximate surface area is 125 Å². The van der Waals surface area contributed by atoms with E-state index in [4.69, 9.17) is 0 Å². The zero-order valence-electron chi connectivity index (χ0n) is 10.5. The van der Waals surface area contributed by atoms with Crippen LogP contribution in [0.15, 0.2) is 29.3 Å². The van der Waals surface area contributed by atoms with E-state index in [9.17, 15) is 5.11 Å². The van der Waals surface area contributed by atoms with Crippen molar-refractivity contribution in [1.29, 1.82) is 0 Å². The lowest BCUT2D eigenvalue weighted by Gasteiger charge is -2.18. The topological polar surface area (TPSA) is 56.6 Å². The molecule has 1 unspecified atom stereocenters. The van der Waals surface area contributed by atoms with Gasteiger partial charge in [-0.1, -0.05) is 29.8 Å². The molecule has 0 saturated heterocycles. The maximum atomic E-state index is 10.0. The van der Waals surface area contributed by atoms with Gasteiger partial charge in [0.2, 0.25) is 0 Å². The molecule has 5 heteroatoms. The Morgan fingerprint density at radius 2 is 2.33 bits per heavy atom. The van der Waals surface area contributed by atoms with Crippen LogP contribution in [0.1, 0.15) is 23.7 Å². The quantitative estimate of drug-likeness (QED) is 0.717. The molecule has 1 aliphatic rings. The number of aliphatic hydroxyl groups is 1. The fraction of sp³-hybridized carbons (Fsp3) is 0.462. The monoisotopic (exact) mass is 361 g/mol. The van der Waals surface area contributed by atoms with Gasteiger partial charge in [0, 0.05) is 19.6 Å². The van der Waals surface area contributed by atoms with Gasteiger partial charge in [-0.05, 0) is 18.9 Å². The number of aliphatic imine (C=N–C) groups is 1. The van der Waals surface area contributed by atoms with Crippen molar-refractivity contribution in [3.8, 4) is 0 Å². The number of halogens is 1. The Kier molecular flexibility index (Phi) is 6.42. The summed E-state index contributed by atoms with van der Waals surface area (Å²) in [5.41, 5.74) is 2.10. The van der Waals surface area contributed by atoms with Gasteiger partial charge in [-0.15, -0.1) is 24.0 Å². The van der Waals surface area contributed by atoms with Crippen molar-refractivity contribution in [2.75, 3.05) is 19.6 Å². The number of nitrogens with one attached hydrogen (secondary N) is 2. The summed E-state index contributed by atoms with van der Waals surface area (Å²) in [5.74, 6) is 0.794. The molecule has 1 aliphatic heterocycles. The Hall–Kier alpha value is -0.820. The second-order valence-corrected chi connectivity index (χ2v) is 4.32. The highest BCUT2D eigenvalue weighted by atomic mass is 127. The first-order valence-electron chi connectivity index (χ1n) is 6.02. The Morgan fingerprint density at radius 3 is 3.00 bits per heavy atom. The van der Waals surface area contributed by atoms with Crippen LogP contribution in [0.25, 0.3) is 0 Å². The second kappa shape index (κ2) is 7.58. The summed E-state index contributed by atoms with van der Waals surface area (Å²) in [4.78, 5) is 4.30. The molecule has 3 N–H and O–H groups in total. The summed E-state index contributed by atoms with van der Waals surface area (Å²) in [6, 6.07) is 7.93. The fourth-order valence-corrected chi connectivity index (χ4v) is 1.84. The maximum Gasteiger partial charge on any atom is 0.191 e. The van der Waals surface area contributed by atoms with Crippen LogP contribution >= 0.6 is 24.0 Å². The van der Waals surface area contributed by atoms with Gasteiger partial charge in [0.25, 0.3) is 0 Å². The van der Waals surface area contributed by atoms with Crippen LogP contribution < -0.4 is 10.6 Å². The van der Waals surface area contributed by atoms with Crippen molar-refractivity contribution in [1.82, 2.24) is 10.6 Å². The number of hydrogen-bond acceptors (Lipinski definition) is 4. The number of nitrogens with zero attached hydrogens (tertiary/aromatic N) is 1. The summed E-state index contributed by atoms with van der Waals surface area (Å²) in [6.45, 7) is 4.31. The zero-order chi connectivity index (χ0) is 12.1. The molecule has 2 rings (SSSR count). The van der Waals surface area contributed by atoms with E-state index in [0.29, 0.717) is 6.54 Å². The van der Waals surface area contributed by atoms with Gasteiger partial charge in [0.15, 0.2) is 5.96 Å². The molecule has 0 amide bonds. The predicted molar refractivity (Wildman–Crippen MR) is 84.5 cm³/mol. The molecule has 0 saturated carbocycles. The van der Waals surface area contributed by atoms with E-state index in [0.717, 1.165) is 36.6 Å². The lowest BCUT2D eigenvalue weighted by Crippen LogP contribution is -2.42.